The van der Waals surface area contributed by atoms with Gasteiger partial charge in [-0.1, -0.05) is 0 Å². The van der Waals surface area contributed by atoms with Crippen LogP contribution in [0.1, 0.15) is 0 Å². The summed E-state index contributed by atoms with van der Waals surface area (Å²) in [5.74, 6) is 0.712. The lowest BCUT2D eigenvalue weighted by Gasteiger charge is -2.06. The summed E-state index contributed by atoms with van der Waals surface area (Å²) in [7, 11) is -1.49. The molecule has 0 fully saturated rings. The van der Waals surface area contributed by atoms with Crippen molar-refractivity contribution >= 4 is 28.5 Å². The van der Waals surface area contributed by atoms with Gasteiger partial charge in [0.2, 0.25) is 0 Å². The minimum Gasteiger partial charge on any atom is -0.423 e. The lowest BCUT2D eigenvalue weighted by Crippen LogP contribution is -2.30. The molecule has 0 aliphatic carbocycles. The zero-order valence-electron chi connectivity index (χ0n) is 7.71. The van der Waals surface area contributed by atoms with Gasteiger partial charge in [0, 0.05) is 24.1 Å². The van der Waals surface area contributed by atoms with E-state index in [1.54, 1.807) is 6.07 Å². The number of hydrogen-bond donors (Lipinski definition) is 2. The van der Waals surface area contributed by atoms with Gasteiger partial charge in [0.1, 0.15) is 0 Å². The molecular weight excluding hydrogens is 259 g/mol. The Bertz CT molecular complexity index is 459. The molecule has 0 spiro atoms. The second kappa shape index (κ2) is 4.18. The monoisotopic (exact) mass is 266 g/mol. The average Bonchev–Trinajstić information content (AvgIpc) is 2.70. The van der Waals surface area contributed by atoms with Crippen molar-refractivity contribution in [3.05, 3.63) is 41.3 Å². The highest BCUT2D eigenvalue weighted by Gasteiger charge is 2.13. The zero-order valence-corrected chi connectivity index (χ0v) is 9.29. The van der Waals surface area contributed by atoms with Gasteiger partial charge in [-0.15, -0.1) is 0 Å². The fourth-order valence-electron chi connectivity index (χ4n) is 1.25. The van der Waals surface area contributed by atoms with E-state index >= 15 is 0 Å². The largest absolute Gasteiger partial charge is 0.490 e. The third-order valence-corrected chi connectivity index (χ3v) is 2.57. The van der Waals surface area contributed by atoms with Crippen molar-refractivity contribution in [3.63, 3.8) is 0 Å². The number of hydrogen-bond acceptors (Lipinski definition) is 3. The maximum Gasteiger partial charge on any atom is 0.490 e. The Balaban J connectivity index is 2.44. The van der Waals surface area contributed by atoms with Crippen molar-refractivity contribution in [2.75, 3.05) is 0 Å². The van der Waals surface area contributed by atoms with Crippen LogP contribution in [0.2, 0.25) is 0 Å². The summed E-state index contributed by atoms with van der Waals surface area (Å²) in [5, 5.41) is 17.9. The fraction of sp³-hybridized carbons (Fsp3) is 0. The van der Waals surface area contributed by atoms with E-state index in [1.165, 1.54) is 6.20 Å². The maximum atomic E-state index is 8.96. The molecule has 0 saturated carbocycles. The smallest absolute Gasteiger partial charge is 0.423 e. The molecule has 0 amide bonds. The van der Waals surface area contributed by atoms with E-state index in [4.69, 9.17) is 10.0 Å². The third-order valence-electron chi connectivity index (χ3n) is 1.99. The van der Waals surface area contributed by atoms with Gasteiger partial charge >= 0.3 is 7.12 Å². The molecule has 6 heteroatoms. The van der Waals surface area contributed by atoms with Crippen LogP contribution in [0.25, 0.3) is 5.82 Å². The summed E-state index contributed by atoms with van der Waals surface area (Å²) in [6.07, 6.45) is 5.16. The average molecular weight is 267 g/mol. The lowest BCUT2D eigenvalue weighted by molar-refractivity contribution is 0.425. The van der Waals surface area contributed by atoms with Crippen molar-refractivity contribution in [1.82, 2.24) is 9.55 Å². The maximum absolute atomic E-state index is 8.96. The first-order valence-corrected chi connectivity index (χ1v) is 5.12. The highest BCUT2D eigenvalue weighted by molar-refractivity contribution is 9.10. The van der Waals surface area contributed by atoms with Crippen LogP contribution in [0, 0.1) is 0 Å². The summed E-state index contributed by atoms with van der Waals surface area (Å²) < 4.78 is 2.54. The lowest BCUT2D eigenvalue weighted by atomic mass is 9.82. The van der Waals surface area contributed by atoms with E-state index in [0.29, 0.717) is 15.8 Å². The molecule has 0 atom stereocenters. The highest BCUT2D eigenvalue weighted by atomic mass is 79.9. The van der Waals surface area contributed by atoms with Crippen LogP contribution in [0.4, 0.5) is 0 Å². The number of halogens is 1. The summed E-state index contributed by atoms with van der Waals surface area (Å²) >= 11 is 3.33. The molecule has 0 unspecified atom stereocenters. The molecule has 2 aromatic heterocycles. The van der Waals surface area contributed by atoms with Gasteiger partial charge in [-0.3, -0.25) is 0 Å². The van der Waals surface area contributed by atoms with E-state index in [9.17, 15) is 0 Å². The number of pyridine rings is 1. The van der Waals surface area contributed by atoms with Crippen molar-refractivity contribution in [2.45, 2.75) is 0 Å². The van der Waals surface area contributed by atoms with Gasteiger partial charge in [0.25, 0.3) is 0 Å². The molecule has 0 bridgehead atoms. The second-order valence-corrected chi connectivity index (χ2v) is 3.89. The van der Waals surface area contributed by atoms with Crippen molar-refractivity contribution in [1.29, 1.82) is 0 Å². The van der Waals surface area contributed by atoms with E-state index in [-0.39, 0.29) is 0 Å². The molecule has 2 aromatic rings. The molecule has 0 aliphatic rings. The van der Waals surface area contributed by atoms with E-state index in [0.717, 1.165) is 0 Å². The van der Waals surface area contributed by atoms with Crippen LogP contribution < -0.4 is 5.46 Å². The first kappa shape index (κ1) is 10.4. The molecule has 2 N–H and O–H groups in total. The van der Waals surface area contributed by atoms with E-state index < -0.39 is 7.12 Å². The van der Waals surface area contributed by atoms with Gasteiger partial charge in [-0.05, 0) is 34.1 Å². The van der Waals surface area contributed by atoms with E-state index in [2.05, 4.69) is 20.9 Å². The topological polar surface area (TPSA) is 58.3 Å². The van der Waals surface area contributed by atoms with E-state index in [1.807, 2.05) is 29.1 Å². The minimum atomic E-state index is -1.49. The van der Waals surface area contributed by atoms with Crippen molar-refractivity contribution in [3.8, 4) is 5.82 Å². The quantitative estimate of drug-likeness (QED) is 0.770. The Kier molecular flexibility index (Phi) is 2.90. The Morgan fingerprint density at radius 3 is 2.47 bits per heavy atom. The summed E-state index contributed by atoms with van der Waals surface area (Å²) in [6.45, 7) is 0. The Morgan fingerprint density at radius 2 is 1.93 bits per heavy atom. The molecular formula is C9H8BBrN2O2. The molecule has 0 saturated heterocycles. The van der Waals surface area contributed by atoms with Crippen molar-refractivity contribution in [2.24, 2.45) is 0 Å². The molecule has 0 aromatic carbocycles. The first-order chi connectivity index (χ1) is 7.18. The van der Waals surface area contributed by atoms with Crippen LogP contribution in [-0.4, -0.2) is 26.7 Å². The van der Waals surface area contributed by atoms with Gasteiger partial charge < -0.3 is 14.6 Å². The molecule has 0 aliphatic heterocycles. The third kappa shape index (κ3) is 2.12. The van der Waals surface area contributed by atoms with Crippen LogP contribution in [0.5, 0.6) is 0 Å². The van der Waals surface area contributed by atoms with Crippen LogP contribution >= 0.6 is 15.9 Å². The SMILES string of the molecule is OB(O)c1cnc(-n2cccc2)c(Br)c1. The molecule has 2 rings (SSSR count). The predicted molar refractivity (Wildman–Crippen MR) is 61.1 cm³/mol. The Labute approximate surface area is 95.5 Å². The van der Waals surface area contributed by atoms with Crippen molar-refractivity contribution < 1.29 is 10.0 Å². The second-order valence-electron chi connectivity index (χ2n) is 3.04. The summed E-state index contributed by atoms with van der Waals surface area (Å²) in [4.78, 5) is 4.14. The highest BCUT2D eigenvalue weighted by Crippen LogP contribution is 2.16. The molecule has 4 nitrogen and oxygen atoms in total. The Hall–Kier alpha value is -1.11. The number of aromatic nitrogens is 2. The van der Waals surface area contributed by atoms with Gasteiger partial charge in [-0.25, -0.2) is 4.98 Å². The standard InChI is InChI=1S/C9H8BBrN2O2/c11-8-5-7(10(14)15)6-12-9(8)13-3-1-2-4-13/h1-6,14-15H. The van der Waals surface area contributed by atoms with Gasteiger partial charge in [-0.2, -0.15) is 0 Å². The molecule has 76 valence electrons. The summed E-state index contributed by atoms with van der Waals surface area (Å²) in [6, 6.07) is 5.42. The summed E-state index contributed by atoms with van der Waals surface area (Å²) in [5.41, 5.74) is 0.359. The fourth-order valence-corrected chi connectivity index (χ4v) is 1.82. The van der Waals surface area contributed by atoms with Crippen LogP contribution in [0.3, 0.4) is 0 Å². The van der Waals surface area contributed by atoms with Crippen LogP contribution in [0.15, 0.2) is 41.3 Å². The molecule has 15 heavy (non-hydrogen) atoms. The normalized spacial score (nSPS) is 10.3. The predicted octanol–water partition coefficient (Wildman–Crippen LogP) is 0.315. The van der Waals surface area contributed by atoms with Gasteiger partial charge in [0.05, 0.1) is 4.47 Å². The molecule has 0 radical (unpaired) electrons. The van der Waals surface area contributed by atoms with Gasteiger partial charge in [0.15, 0.2) is 5.82 Å². The van der Waals surface area contributed by atoms with Crippen LogP contribution in [-0.2, 0) is 0 Å². The molecule has 2 heterocycles. The minimum absolute atomic E-state index is 0.359. The Morgan fingerprint density at radius 1 is 1.27 bits per heavy atom. The number of nitrogens with zero attached hydrogens (tertiary/aromatic N) is 2. The first-order valence-electron chi connectivity index (χ1n) is 4.33. The number of rotatable bonds is 2. The zero-order chi connectivity index (χ0) is 10.8.